The molecule has 0 atom stereocenters. The molecular formula is C15H16N2O4S. The monoisotopic (exact) mass is 320 g/mol. The highest BCUT2D eigenvalue weighted by Crippen LogP contribution is 2.26. The van der Waals surface area contributed by atoms with Crippen molar-refractivity contribution >= 4 is 9.84 Å². The van der Waals surface area contributed by atoms with Crippen LogP contribution in [-0.2, 0) is 34.2 Å². The van der Waals surface area contributed by atoms with E-state index in [2.05, 4.69) is 9.97 Å². The van der Waals surface area contributed by atoms with Crippen molar-refractivity contribution in [2.24, 2.45) is 0 Å². The van der Waals surface area contributed by atoms with Gasteiger partial charge in [-0.3, -0.25) is 0 Å². The fraction of sp³-hybridized carbons (Fsp3) is 0.333. The molecule has 0 fully saturated rings. The molecule has 1 aliphatic heterocycles. The van der Waals surface area contributed by atoms with Crippen LogP contribution in [0.5, 0.6) is 5.88 Å². The number of aromatic nitrogens is 2. The summed E-state index contributed by atoms with van der Waals surface area (Å²) in [5, 5.41) is -0.198. The van der Waals surface area contributed by atoms with Crippen LogP contribution < -0.4 is 4.74 Å². The summed E-state index contributed by atoms with van der Waals surface area (Å²) in [6.45, 7) is 1.17. The molecule has 7 heteroatoms. The van der Waals surface area contributed by atoms with E-state index in [1.807, 2.05) is 30.3 Å². The molecule has 0 radical (unpaired) electrons. The molecule has 1 aliphatic rings. The van der Waals surface area contributed by atoms with E-state index >= 15 is 0 Å². The normalized spacial score (nSPS) is 14.4. The zero-order valence-electron chi connectivity index (χ0n) is 12.2. The van der Waals surface area contributed by atoms with Gasteiger partial charge in [-0.25, -0.2) is 13.4 Å². The van der Waals surface area contributed by atoms with Crippen molar-refractivity contribution < 1.29 is 17.9 Å². The van der Waals surface area contributed by atoms with Crippen molar-refractivity contribution in [1.29, 1.82) is 0 Å². The lowest BCUT2D eigenvalue weighted by Gasteiger charge is -2.19. The maximum atomic E-state index is 11.7. The Hall–Kier alpha value is -1.99. The average Bonchev–Trinajstić information content (AvgIpc) is 2.52. The standard InChI is InChI=1S/C15H16N2O4S/c1-22(18,19)15-16-13-7-8-20-10-12(13)14(17-15)21-9-11-5-3-2-4-6-11/h2-6H,7-10H2,1H3. The van der Waals surface area contributed by atoms with Gasteiger partial charge in [0, 0.05) is 12.7 Å². The van der Waals surface area contributed by atoms with Crippen LogP contribution in [0.3, 0.4) is 0 Å². The first-order valence-electron chi connectivity index (χ1n) is 6.88. The predicted molar refractivity (Wildman–Crippen MR) is 79.3 cm³/mol. The van der Waals surface area contributed by atoms with E-state index in [1.165, 1.54) is 0 Å². The summed E-state index contributed by atoms with van der Waals surface area (Å²) >= 11 is 0. The van der Waals surface area contributed by atoms with Crippen molar-refractivity contribution in [1.82, 2.24) is 9.97 Å². The number of benzene rings is 1. The van der Waals surface area contributed by atoms with Crippen molar-refractivity contribution in [3.8, 4) is 5.88 Å². The van der Waals surface area contributed by atoms with Crippen LogP contribution in [0.4, 0.5) is 0 Å². The molecule has 0 bridgehead atoms. The van der Waals surface area contributed by atoms with Crippen LogP contribution in [0, 0.1) is 0 Å². The number of ether oxygens (including phenoxy) is 2. The van der Waals surface area contributed by atoms with Gasteiger partial charge in [0.15, 0.2) is 0 Å². The molecule has 0 spiro atoms. The van der Waals surface area contributed by atoms with Crippen molar-refractivity contribution in [2.75, 3.05) is 12.9 Å². The molecule has 1 aromatic heterocycles. The van der Waals surface area contributed by atoms with Gasteiger partial charge >= 0.3 is 0 Å². The first kappa shape index (κ1) is 14.9. The Balaban J connectivity index is 1.94. The predicted octanol–water partition coefficient (Wildman–Crippen LogP) is 1.53. The van der Waals surface area contributed by atoms with Gasteiger partial charge in [0.1, 0.15) is 6.61 Å². The Morgan fingerprint density at radius 3 is 2.73 bits per heavy atom. The fourth-order valence-electron chi connectivity index (χ4n) is 2.19. The first-order valence-corrected chi connectivity index (χ1v) is 8.77. The zero-order valence-corrected chi connectivity index (χ0v) is 13.0. The largest absolute Gasteiger partial charge is 0.472 e. The molecular weight excluding hydrogens is 304 g/mol. The van der Waals surface area contributed by atoms with Crippen molar-refractivity contribution in [3.05, 3.63) is 47.2 Å². The molecule has 22 heavy (non-hydrogen) atoms. The molecule has 2 heterocycles. The first-order chi connectivity index (χ1) is 10.5. The lowest BCUT2D eigenvalue weighted by atomic mass is 10.1. The van der Waals surface area contributed by atoms with Gasteiger partial charge in [-0.05, 0) is 5.56 Å². The van der Waals surface area contributed by atoms with Crippen LogP contribution in [0.2, 0.25) is 0 Å². The Kier molecular flexibility index (Phi) is 4.08. The van der Waals surface area contributed by atoms with E-state index in [-0.39, 0.29) is 11.0 Å². The second-order valence-corrected chi connectivity index (χ2v) is 7.00. The number of hydrogen-bond donors (Lipinski definition) is 0. The molecule has 2 aromatic rings. The third kappa shape index (κ3) is 3.26. The van der Waals surface area contributed by atoms with Gasteiger partial charge in [-0.15, -0.1) is 0 Å². The highest BCUT2D eigenvalue weighted by Gasteiger charge is 2.23. The average molecular weight is 320 g/mol. The summed E-state index contributed by atoms with van der Waals surface area (Å²) in [7, 11) is -3.48. The Morgan fingerprint density at radius 2 is 2.00 bits per heavy atom. The zero-order chi connectivity index (χ0) is 15.6. The van der Waals surface area contributed by atoms with Crippen LogP contribution in [-0.4, -0.2) is 31.2 Å². The van der Waals surface area contributed by atoms with Gasteiger partial charge in [-0.1, -0.05) is 30.3 Å². The van der Waals surface area contributed by atoms with Crippen LogP contribution >= 0.6 is 0 Å². The number of nitrogens with zero attached hydrogens (tertiary/aromatic N) is 2. The third-order valence-electron chi connectivity index (χ3n) is 3.31. The highest BCUT2D eigenvalue weighted by atomic mass is 32.2. The van der Waals surface area contributed by atoms with Gasteiger partial charge in [-0.2, -0.15) is 4.98 Å². The van der Waals surface area contributed by atoms with Gasteiger partial charge < -0.3 is 9.47 Å². The quantitative estimate of drug-likeness (QED) is 0.795. The van der Waals surface area contributed by atoms with Gasteiger partial charge in [0.25, 0.3) is 0 Å². The molecule has 116 valence electrons. The summed E-state index contributed by atoms with van der Waals surface area (Å²) in [6, 6.07) is 9.62. The Labute approximate surface area is 129 Å². The molecule has 0 N–H and O–H groups in total. The minimum absolute atomic E-state index is 0.198. The molecule has 6 nitrogen and oxygen atoms in total. The second kappa shape index (κ2) is 6.02. The Morgan fingerprint density at radius 1 is 1.23 bits per heavy atom. The van der Waals surface area contributed by atoms with E-state index in [9.17, 15) is 8.42 Å². The topological polar surface area (TPSA) is 78.4 Å². The summed E-state index contributed by atoms with van der Waals surface area (Å²) in [6.07, 6.45) is 1.65. The molecule has 1 aromatic carbocycles. The maximum absolute atomic E-state index is 11.7. The van der Waals surface area contributed by atoms with E-state index in [4.69, 9.17) is 9.47 Å². The molecule has 3 rings (SSSR count). The van der Waals surface area contributed by atoms with Crippen LogP contribution in [0.1, 0.15) is 16.8 Å². The van der Waals surface area contributed by atoms with Gasteiger partial charge in [0.05, 0.1) is 24.5 Å². The number of rotatable bonds is 4. The summed E-state index contributed by atoms with van der Waals surface area (Å²) in [5.74, 6) is 0.286. The molecule has 0 saturated carbocycles. The summed E-state index contributed by atoms with van der Waals surface area (Å²) < 4.78 is 34.6. The Bertz CT molecular complexity index is 776. The number of sulfone groups is 1. The maximum Gasteiger partial charge on any atom is 0.250 e. The fourth-order valence-corrected chi connectivity index (χ4v) is 2.72. The lowest BCUT2D eigenvalue weighted by Crippen LogP contribution is -2.18. The molecule has 0 amide bonds. The van der Waals surface area contributed by atoms with E-state index in [0.717, 1.165) is 17.4 Å². The van der Waals surface area contributed by atoms with Crippen LogP contribution in [0.25, 0.3) is 0 Å². The van der Waals surface area contributed by atoms with E-state index in [1.54, 1.807) is 0 Å². The van der Waals surface area contributed by atoms with Crippen molar-refractivity contribution in [2.45, 2.75) is 24.8 Å². The van der Waals surface area contributed by atoms with E-state index < -0.39 is 9.84 Å². The third-order valence-corrected chi connectivity index (χ3v) is 4.16. The molecule has 0 unspecified atom stereocenters. The second-order valence-electron chi connectivity index (χ2n) is 5.09. The molecule has 0 saturated heterocycles. The summed E-state index contributed by atoms with van der Waals surface area (Å²) in [4.78, 5) is 8.21. The smallest absolute Gasteiger partial charge is 0.250 e. The van der Waals surface area contributed by atoms with Crippen LogP contribution in [0.15, 0.2) is 35.5 Å². The number of hydrogen-bond acceptors (Lipinski definition) is 6. The number of fused-ring (bicyclic) bond motifs is 1. The highest BCUT2D eigenvalue weighted by molar-refractivity contribution is 7.90. The minimum atomic E-state index is -3.48. The minimum Gasteiger partial charge on any atom is -0.472 e. The van der Waals surface area contributed by atoms with Crippen molar-refractivity contribution in [3.63, 3.8) is 0 Å². The van der Waals surface area contributed by atoms with Gasteiger partial charge in [0.2, 0.25) is 20.9 Å². The van der Waals surface area contributed by atoms with E-state index in [0.29, 0.717) is 31.9 Å². The molecule has 0 aliphatic carbocycles. The SMILES string of the molecule is CS(=O)(=O)c1nc2c(c(OCc3ccccc3)n1)COCC2. The summed E-state index contributed by atoms with van der Waals surface area (Å²) in [5.41, 5.74) is 2.40. The lowest BCUT2D eigenvalue weighted by molar-refractivity contribution is 0.104.